The lowest BCUT2D eigenvalue weighted by molar-refractivity contribution is -0.125. The number of benzene rings is 1. The van der Waals surface area contributed by atoms with Crippen LogP contribution < -0.4 is 10.2 Å². The van der Waals surface area contributed by atoms with E-state index in [4.69, 9.17) is 11.6 Å². The van der Waals surface area contributed by atoms with Crippen molar-refractivity contribution in [1.29, 1.82) is 0 Å². The Labute approximate surface area is 208 Å². The molecule has 0 bridgehead atoms. The Balaban J connectivity index is 1.32. The number of carbonyl (C=O) groups is 2. The lowest BCUT2D eigenvalue weighted by Gasteiger charge is -2.35. The number of piperidine rings is 1. The summed E-state index contributed by atoms with van der Waals surface area (Å²) in [6.07, 6.45) is 5.27. The second-order valence-electron chi connectivity index (χ2n) is 9.04. The van der Waals surface area contributed by atoms with E-state index in [0.29, 0.717) is 30.2 Å². The number of amides is 2. The van der Waals surface area contributed by atoms with Crippen molar-refractivity contribution >= 4 is 50.9 Å². The zero-order valence-corrected chi connectivity index (χ0v) is 20.8. The molecule has 9 heteroatoms. The first-order valence-corrected chi connectivity index (χ1v) is 13.0. The second kappa shape index (κ2) is 9.88. The minimum atomic E-state index is -0.0597. The topological polar surface area (TPSA) is 78.4 Å². The fourth-order valence-corrected chi connectivity index (χ4v) is 5.90. The maximum atomic E-state index is 13.4. The summed E-state index contributed by atoms with van der Waals surface area (Å²) in [5.41, 5.74) is 3.40. The van der Waals surface area contributed by atoms with Crippen molar-refractivity contribution in [3.05, 3.63) is 52.3 Å². The number of pyridine rings is 1. The van der Waals surface area contributed by atoms with Crippen molar-refractivity contribution in [2.75, 3.05) is 31.1 Å². The number of anilines is 1. The molecule has 0 radical (unpaired) electrons. The lowest BCUT2D eigenvalue weighted by atomic mass is 9.94. The molecule has 2 aliphatic rings. The molecule has 0 unspecified atom stereocenters. The van der Waals surface area contributed by atoms with Crippen molar-refractivity contribution in [3.8, 4) is 0 Å². The highest BCUT2D eigenvalue weighted by atomic mass is 35.5. The van der Waals surface area contributed by atoms with Gasteiger partial charge in [-0.1, -0.05) is 29.8 Å². The number of aryl methyl sites for hydroxylation is 1. The van der Waals surface area contributed by atoms with Crippen molar-refractivity contribution in [1.82, 2.24) is 19.6 Å². The van der Waals surface area contributed by atoms with Gasteiger partial charge >= 0.3 is 0 Å². The monoisotopic (exact) mass is 497 g/mol. The van der Waals surface area contributed by atoms with Crippen LogP contribution in [0, 0.1) is 12.8 Å². The van der Waals surface area contributed by atoms with E-state index in [0.717, 1.165) is 65.9 Å². The van der Waals surface area contributed by atoms with Crippen molar-refractivity contribution < 1.29 is 9.59 Å². The van der Waals surface area contributed by atoms with E-state index in [-0.39, 0.29) is 17.7 Å². The molecule has 3 aromatic rings. The zero-order valence-electron chi connectivity index (χ0n) is 19.2. The molecule has 1 aromatic carbocycles. The predicted molar refractivity (Wildman–Crippen MR) is 136 cm³/mol. The molecule has 2 fully saturated rings. The van der Waals surface area contributed by atoms with Crippen LogP contribution in [-0.2, 0) is 11.3 Å². The normalized spacial score (nSPS) is 16.9. The molecule has 178 valence electrons. The summed E-state index contributed by atoms with van der Waals surface area (Å²) < 4.78 is 4.51. The molecule has 2 aliphatic heterocycles. The van der Waals surface area contributed by atoms with Gasteiger partial charge in [0.15, 0.2) is 0 Å². The summed E-state index contributed by atoms with van der Waals surface area (Å²) in [6, 6.07) is 7.56. The van der Waals surface area contributed by atoms with Crippen LogP contribution in [0.5, 0.6) is 0 Å². The van der Waals surface area contributed by atoms with Crippen LogP contribution in [0.4, 0.5) is 5.69 Å². The van der Waals surface area contributed by atoms with Crippen LogP contribution in [-0.4, -0.2) is 52.3 Å². The van der Waals surface area contributed by atoms with Gasteiger partial charge in [0.1, 0.15) is 4.83 Å². The van der Waals surface area contributed by atoms with Gasteiger partial charge in [-0.3, -0.25) is 9.59 Å². The summed E-state index contributed by atoms with van der Waals surface area (Å²) in [6.45, 7) is 5.41. The first-order valence-electron chi connectivity index (χ1n) is 11.8. The molecule has 7 nitrogen and oxygen atoms in total. The molecule has 0 saturated carbocycles. The van der Waals surface area contributed by atoms with Gasteiger partial charge in [0.25, 0.3) is 5.91 Å². The fourth-order valence-electron chi connectivity index (χ4n) is 4.95. The van der Waals surface area contributed by atoms with E-state index >= 15 is 0 Å². The highest BCUT2D eigenvalue weighted by molar-refractivity contribution is 7.13. The number of rotatable bonds is 5. The van der Waals surface area contributed by atoms with Gasteiger partial charge in [-0.15, -0.1) is 0 Å². The number of fused-ring (bicyclic) bond motifs is 1. The zero-order chi connectivity index (χ0) is 23.7. The number of hydrogen-bond acceptors (Lipinski definition) is 6. The van der Waals surface area contributed by atoms with Crippen LogP contribution in [0.2, 0.25) is 5.02 Å². The molecule has 2 amide bonds. The number of hydrogen-bond donors (Lipinski definition) is 1. The number of nitrogens with zero attached hydrogens (tertiary/aromatic N) is 4. The molecule has 4 heterocycles. The maximum Gasteiger partial charge on any atom is 0.257 e. The van der Waals surface area contributed by atoms with Gasteiger partial charge in [-0.05, 0) is 55.8 Å². The number of aromatic nitrogens is 2. The van der Waals surface area contributed by atoms with Crippen LogP contribution in [0.15, 0.2) is 30.5 Å². The highest BCUT2D eigenvalue weighted by Gasteiger charge is 2.31. The average Bonchev–Trinajstić information content (AvgIpc) is 3.53. The molecular formula is C25H28ClN5O2S. The Morgan fingerprint density at radius 2 is 1.88 bits per heavy atom. The van der Waals surface area contributed by atoms with Crippen LogP contribution in [0.25, 0.3) is 10.2 Å². The van der Waals surface area contributed by atoms with Crippen LogP contribution >= 0.6 is 23.1 Å². The molecule has 2 aromatic heterocycles. The molecule has 34 heavy (non-hydrogen) atoms. The summed E-state index contributed by atoms with van der Waals surface area (Å²) in [5.74, 6) is 0.0452. The molecule has 0 aliphatic carbocycles. The molecular weight excluding hydrogens is 470 g/mol. The number of nitrogens with one attached hydrogen (secondary N) is 1. The van der Waals surface area contributed by atoms with E-state index in [1.165, 1.54) is 11.5 Å². The summed E-state index contributed by atoms with van der Waals surface area (Å²) in [5, 5.41) is 4.67. The van der Waals surface area contributed by atoms with E-state index in [1.54, 1.807) is 6.20 Å². The maximum absolute atomic E-state index is 13.4. The minimum absolute atomic E-state index is 0.0482. The van der Waals surface area contributed by atoms with E-state index in [9.17, 15) is 9.59 Å². The smallest absolute Gasteiger partial charge is 0.257 e. The van der Waals surface area contributed by atoms with Gasteiger partial charge in [0, 0.05) is 49.9 Å². The molecule has 0 atom stereocenters. The van der Waals surface area contributed by atoms with Crippen molar-refractivity contribution in [2.24, 2.45) is 5.92 Å². The summed E-state index contributed by atoms with van der Waals surface area (Å²) >= 11 is 7.59. The van der Waals surface area contributed by atoms with E-state index in [2.05, 4.69) is 19.6 Å². The first-order chi connectivity index (χ1) is 16.5. The Kier molecular flexibility index (Phi) is 6.70. The van der Waals surface area contributed by atoms with Gasteiger partial charge in [0.05, 0.1) is 22.3 Å². The number of carbonyl (C=O) groups excluding carboxylic acids is 2. The van der Waals surface area contributed by atoms with Crippen LogP contribution in [0.3, 0.4) is 0 Å². The highest BCUT2D eigenvalue weighted by Crippen LogP contribution is 2.37. The van der Waals surface area contributed by atoms with Crippen LogP contribution in [0.1, 0.15) is 47.3 Å². The Morgan fingerprint density at radius 1 is 1.15 bits per heavy atom. The molecule has 5 rings (SSSR count). The SMILES string of the molecule is Cc1nsc2ncc(C(=O)N3CCCC3)c(N3CCC(C(=O)NCc4ccccc4Cl)CC3)c12. The number of halogens is 1. The Morgan fingerprint density at radius 3 is 2.62 bits per heavy atom. The van der Waals surface area contributed by atoms with E-state index in [1.807, 2.05) is 36.1 Å². The van der Waals surface area contributed by atoms with E-state index < -0.39 is 0 Å². The quantitative estimate of drug-likeness (QED) is 0.564. The Bertz CT molecular complexity index is 1220. The van der Waals surface area contributed by atoms with Crippen molar-refractivity contribution in [3.63, 3.8) is 0 Å². The predicted octanol–water partition coefficient (Wildman–Crippen LogP) is 4.42. The average molecular weight is 498 g/mol. The lowest BCUT2D eigenvalue weighted by Crippen LogP contribution is -2.41. The van der Waals surface area contributed by atoms with Gasteiger partial charge in [0.2, 0.25) is 5.91 Å². The standard InChI is InChI=1S/C25H28ClN5O2S/c1-16-21-22(19(15-28-24(21)34-29-16)25(33)31-10-4-5-11-31)30-12-8-17(9-13-30)23(32)27-14-18-6-2-3-7-20(18)26/h2-3,6-7,15,17H,4-5,8-14H2,1H3,(H,27,32). The molecule has 0 spiro atoms. The first kappa shape index (κ1) is 23.1. The minimum Gasteiger partial charge on any atom is -0.370 e. The van der Waals surface area contributed by atoms with Gasteiger partial charge < -0.3 is 15.1 Å². The van der Waals surface area contributed by atoms with Gasteiger partial charge in [-0.2, -0.15) is 4.37 Å². The second-order valence-corrected chi connectivity index (χ2v) is 10.2. The molecule has 1 N–H and O–H groups in total. The number of likely N-dealkylation sites (tertiary alicyclic amines) is 1. The summed E-state index contributed by atoms with van der Waals surface area (Å²) in [7, 11) is 0. The van der Waals surface area contributed by atoms with Crippen molar-refractivity contribution in [2.45, 2.75) is 39.2 Å². The summed E-state index contributed by atoms with van der Waals surface area (Å²) in [4.78, 5) is 35.8. The van der Waals surface area contributed by atoms with Gasteiger partial charge in [-0.25, -0.2) is 4.98 Å². The fraction of sp³-hybridized carbons (Fsp3) is 0.440. The third-order valence-corrected chi connectivity index (χ3v) is 8.08. The third-order valence-electron chi connectivity index (χ3n) is 6.86. The Hall–Kier alpha value is -2.71. The third kappa shape index (κ3) is 4.49. The molecule has 2 saturated heterocycles. The largest absolute Gasteiger partial charge is 0.370 e.